The first-order chi connectivity index (χ1) is 7.39. The summed E-state index contributed by atoms with van der Waals surface area (Å²) in [4.78, 5) is -0.305. The highest BCUT2D eigenvalue weighted by atomic mass is 32.2. The molecule has 0 aliphatic heterocycles. The number of hydrogen-bond donors (Lipinski definition) is 3. The Morgan fingerprint density at radius 2 is 1.62 bits per heavy atom. The highest BCUT2D eigenvalue weighted by Gasteiger charge is 2.15. The van der Waals surface area contributed by atoms with E-state index in [9.17, 15) is 18.6 Å². The molecular formula is C10H8O5S. The lowest BCUT2D eigenvalue weighted by atomic mass is 10.1. The van der Waals surface area contributed by atoms with Crippen molar-refractivity contribution < 1.29 is 23.2 Å². The number of aromatic hydroxyl groups is 2. The van der Waals surface area contributed by atoms with Gasteiger partial charge in [0.25, 0.3) is 10.1 Å². The van der Waals surface area contributed by atoms with Gasteiger partial charge in [0.05, 0.1) is 0 Å². The SMILES string of the molecule is O=S(=O)(O)c1ccc(O)c2cc(O)ccc12. The van der Waals surface area contributed by atoms with Gasteiger partial charge in [-0.05, 0) is 30.3 Å². The molecule has 6 heteroatoms. The van der Waals surface area contributed by atoms with Gasteiger partial charge in [-0.3, -0.25) is 4.55 Å². The van der Waals surface area contributed by atoms with Crippen molar-refractivity contribution in [3.63, 3.8) is 0 Å². The van der Waals surface area contributed by atoms with Crippen molar-refractivity contribution in [1.29, 1.82) is 0 Å². The summed E-state index contributed by atoms with van der Waals surface area (Å²) in [6, 6.07) is 6.05. The van der Waals surface area contributed by atoms with Gasteiger partial charge in [0.2, 0.25) is 0 Å². The van der Waals surface area contributed by atoms with Gasteiger partial charge < -0.3 is 10.2 Å². The summed E-state index contributed by atoms with van der Waals surface area (Å²) in [5.41, 5.74) is 0. The standard InChI is InChI=1S/C10H8O5S/c11-6-1-2-7-8(5-6)9(12)3-4-10(7)16(13,14)15/h1-5,11-12H,(H,13,14,15). The molecule has 0 radical (unpaired) electrons. The molecule has 0 aliphatic rings. The zero-order valence-corrected chi connectivity index (χ0v) is 8.77. The lowest BCUT2D eigenvalue weighted by Gasteiger charge is -2.05. The zero-order chi connectivity index (χ0) is 11.9. The number of benzene rings is 2. The third-order valence-electron chi connectivity index (χ3n) is 2.22. The molecule has 0 saturated carbocycles. The van der Waals surface area contributed by atoms with Crippen LogP contribution in [0.1, 0.15) is 0 Å². The van der Waals surface area contributed by atoms with Crippen LogP contribution >= 0.6 is 0 Å². The van der Waals surface area contributed by atoms with E-state index >= 15 is 0 Å². The second-order valence-corrected chi connectivity index (χ2v) is 4.68. The van der Waals surface area contributed by atoms with Crippen LogP contribution in [0.2, 0.25) is 0 Å². The molecule has 0 unspecified atom stereocenters. The molecule has 0 aromatic heterocycles. The lowest BCUT2D eigenvalue weighted by Crippen LogP contribution is -1.98. The van der Waals surface area contributed by atoms with Crippen molar-refractivity contribution in [1.82, 2.24) is 0 Å². The minimum atomic E-state index is -4.35. The largest absolute Gasteiger partial charge is 0.508 e. The highest BCUT2D eigenvalue weighted by molar-refractivity contribution is 7.86. The Morgan fingerprint density at radius 3 is 2.25 bits per heavy atom. The maximum atomic E-state index is 11.1. The van der Waals surface area contributed by atoms with E-state index in [0.717, 1.165) is 12.1 Å². The predicted octanol–water partition coefficient (Wildman–Crippen LogP) is 1.50. The number of hydrogen-bond acceptors (Lipinski definition) is 4. The van der Waals surface area contributed by atoms with E-state index in [1.165, 1.54) is 18.2 Å². The molecule has 0 atom stereocenters. The molecule has 2 aromatic carbocycles. The molecule has 0 fully saturated rings. The number of fused-ring (bicyclic) bond motifs is 1. The third-order valence-corrected chi connectivity index (χ3v) is 3.13. The fourth-order valence-electron chi connectivity index (χ4n) is 1.52. The molecule has 0 amide bonds. The molecule has 84 valence electrons. The van der Waals surface area contributed by atoms with Crippen LogP contribution in [0.15, 0.2) is 35.2 Å². The van der Waals surface area contributed by atoms with Crippen molar-refractivity contribution in [3.8, 4) is 11.5 Å². The molecule has 3 N–H and O–H groups in total. The average molecular weight is 240 g/mol. The van der Waals surface area contributed by atoms with Crippen molar-refractivity contribution in [2.45, 2.75) is 4.90 Å². The van der Waals surface area contributed by atoms with Crippen molar-refractivity contribution in [2.75, 3.05) is 0 Å². The molecule has 0 bridgehead atoms. The monoisotopic (exact) mass is 240 g/mol. The first-order valence-corrected chi connectivity index (χ1v) is 5.76. The Balaban J connectivity index is 2.96. The Labute approximate surface area is 91.3 Å². The van der Waals surface area contributed by atoms with Crippen LogP contribution < -0.4 is 0 Å². The summed E-state index contributed by atoms with van der Waals surface area (Å²) in [6.07, 6.45) is 0. The van der Waals surface area contributed by atoms with Gasteiger partial charge in [0.1, 0.15) is 16.4 Å². The average Bonchev–Trinajstić information content (AvgIpc) is 2.17. The number of rotatable bonds is 1. The second kappa shape index (κ2) is 3.36. The van der Waals surface area contributed by atoms with Crippen LogP contribution in [-0.4, -0.2) is 23.2 Å². The third kappa shape index (κ3) is 1.68. The van der Waals surface area contributed by atoms with Gasteiger partial charge in [0, 0.05) is 10.8 Å². The van der Waals surface area contributed by atoms with Crippen LogP contribution in [0.5, 0.6) is 11.5 Å². The summed E-state index contributed by atoms with van der Waals surface area (Å²) in [7, 11) is -4.35. The molecule has 16 heavy (non-hydrogen) atoms. The van der Waals surface area contributed by atoms with E-state index < -0.39 is 10.1 Å². The minimum Gasteiger partial charge on any atom is -0.508 e. The molecule has 2 rings (SSSR count). The van der Waals surface area contributed by atoms with Gasteiger partial charge >= 0.3 is 0 Å². The van der Waals surface area contributed by atoms with E-state index in [1.54, 1.807) is 0 Å². The maximum Gasteiger partial charge on any atom is 0.295 e. The van der Waals surface area contributed by atoms with Crippen molar-refractivity contribution >= 4 is 20.9 Å². The molecule has 2 aromatic rings. The summed E-state index contributed by atoms with van der Waals surface area (Å²) < 4.78 is 31.1. The number of phenolic OH excluding ortho intramolecular Hbond substituents is 2. The normalized spacial score (nSPS) is 11.8. The fourth-order valence-corrected chi connectivity index (χ4v) is 2.21. The molecule has 0 spiro atoms. The molecule has 5 nitrogen and oxygen atoms in total. The zero-order valence-electron chi connectivity index (χ0n) is 7.95. The van der Waals surface area contributed by atoms with Gasteiger partial charge in [0.15, 0.2) is 0 Å². The van der Waals surface area contributed by atoms with Gasteiger partial charge in [-0.2, -0.15) is 8.42 Å². The van der Waals surface area contributed by atoms with E-state index in [4.69, 9.17) is 4.55 Å². The second-order valence-electron chi connectivity index (χ2n) is 3.29. The summed E-state index contributed by atoms with van der Waals surface area (Å²) in [5.74, 6) is -0.270. The maximum absolute atomic E-state index is 11.1. The first kappa shape index (κ1) is 10.7. The van der Waals surface area contributed by atoms with Crippen molar-refractivity contribution in [2.24, 2.45) is 0 Å². The Bertz CT molecular complexity index is 660. The van der Waals surface area contributed by atoms with E-state index in [0.29, 0.717) is 0 Å². The van der Waals surface area contributed by atoms with Crippen molar-refractivity contribution in [3.05, 3.63) is 30.3 Å². The topological polar surface area (TPSA) is 94.8 Å². The summed E-state index contributed by atoms with van der Waals surface area (Å²) in [5, 5.41) is 19.0. The Morgan fingerprint density at radius 1 is 0.938 bits per heavy atom. The lowest BCUT2D eigenvalue weighted by molar-refractivity contribution is 0.470. The first-order valence-electron chi connectivity index (χ1n) is 4.32. The Hall–Kier alpha value is -1.79. The van der Waals surface area contributed by atoms with Gasteiger partial charge in [-0.15, -0.1) is 0 Å². The van der Waals surface area contributed by atoms with Crippen LogP contribution in [0.4, 0.5) is 0 Å². The molecular weight excluding hydrogens is 232 g/mol. The fraction of sp³-hybridized carbons (Fsp3) is 0. The molecule has 0 heterocycles. The van der Waals surface area contributed by atoms with E-state index in [1.807, 2.05) is 0 Å². The van der Waals surface area contributed by atoms with Crippen LogP contribution in [0.25, 0.3) is 10.8 Å². The summed E-state index contributed by atoms with van der Waals surface area (Å²) in [6.45, 7) is 0. The predicted molar refractivity (Wildman–Crippen MR) is 57.1 cm³/mol. The van der Waals surface area contributed by atoms with Crippen LogP contribution in [0.3, 0.4) is 0 Å². The van der Waals surface area contributed by atoms with Gasteiger partial charge in [-0.1, -0.05) is 0 Å². The molecule has 0 saturated heterocycles. The molecule has 0 aliphatic carbocycles. The van der Waals surface area contributed by atoms with Gasteiger partial charge in [-0.25, -0.2) is 0 Å². The van der Waals surface area contributed by atoms with E-state index in [-0.39, 0.29) is 27.2 Å². The highest BCUT2D eigenvalue weighted by Crippen LogP contribution is 2.32. The Kier molecular flexibility index (Phi) is 2.25. The summed E-state index contributed by atoms with van der Waals surface area (Å²) >= 11 is 0. The quantitative estimate of drug-likeness (QED) is 0.656. The minimum absolute atomic E-state index is 0.102. The number of phenols is 2. The van der Waals surface area contributed by atoms with Crippen LogP contribution in [0, 0.1) is 0 Å². The smallest absolute Gasteiger partial charge is 0.295 e. The van der Waals surface area contributed by atoms with Crippen LogP contribution in [-0.2, 0) is 10.1 Å². The van der Waals surface area contributed by atoms with E-state index in [2.05, 4.69) is 0 Å².